The van der Waals surface area contributed by atoms with Crippen molar-refractivity contribution >= 4 is 11.0 Å². The Morgan fingerprint density at radius 1 is 1.26 bits per heavy atom. The molecule has 0 aliphatic heterocycles. The number of likely N-dealkylation sites (N-methyl/N-ethyl adjacent to an activating group) is 1. The van der Waals surface area contributed by atoms with Crippen LogP contribution in [-0.4, -0.2) is 24.5 Å². The number of hydrogen-bond donors (Lipinski definition) is 1. The van der Waals surface area contributed by atoms with E-state index >= 15 is 0 Å². The van der Waals surface area contributed by atoms with Gasteiger partial charge in [0, 0.05) is 18.5 Å². The first-order valence-corrected chi connectivity index (χ1v) is 7.08. The van der Waals surface area contributed by atoms with Crippen molar-refractivity contribution < 1.29 is 4.42 Å². The van der Waals surface area contributed by atoms with Crippen molar-refractivity contribution in [2.45, 2.75) is 26.8 Å². The van der Waals surface area contributed by atoms with Gasteiger partial charge in [-0.15, -0.1) is 0 Å². The Bertz CT molecular complexity index is 485. The van der Waals surface area contributed by atoms with E-state index in [1.54, 1.807) is 0 Å². The smallest absolute Gasteiger partial charge is 0.134 e. The summed E-state index contributed by atoms with van der Waals surface area (Å²) in [7, 11) is 0. The zero-order chi connectivity index (χ0) is 13.8. The predicted octanol–water partition coefficient (Wildman–Crippen LogP) is 3.41. The molecule has 104 valence electrons. The maximum Gasteiger partial charge on any atom is 0.134 e. The second-order valence-corrected chi connectivity index (χ2v) is 5.42. The van der Waals surface area contributed by atoms with E-state index in [2.05, 4.69) is 37.8 Å². The van der Waals surface area contributed by atoms with Crippen LogP contribution in [0.2, 0.25) is 0 Å². The Morgan fingerprint density at radius 2 is 2.00 bits per heavy atom. The van der Waals surface area contributed by atoms with Gasteiger partial charge in [-0.25, -0.2) is 0 Å². The lowest BCUT2D eigenvalue weighted by Gasteiger charge is -2.29. The zero-order valence-corrected chi connectivity index (χ0v) is 12.1. The van der Waals surface area contributed by atoms with Crippen molar-refractivity contribution in [3.8, 4) is 0 Å². The summed E-state index contributed by atoms with van der Waals surface area (Å²) in [6, 6.07) is 10.4. The SMILES string of the molecule is CCN(CC(C)C)C(CN)c1cc2ccccc2o1. The van der Waals surface area contributed by atoms with E-state index in [9.17, 15) is 0 Å². The number of nitrogens with zero attached hydrogens (tertiary/aromatic N) is 1. The van der Waals surface area contributed by atoms with Crippen molar-refractivity contribution in [3.63, 3.8) is 0 Å². The van der Waals surface area contributed by atoms with Gasteiger partial charge >= 0.3 is 0 Å². The molecule has 0 saturated carbocycles. The summed E-state index contributed by atoms with van der Waals surface area (Å²) in [5.41, 5.74) is 6.92. The molecule has 0 aliphatic carbocycles. The first-order chi connectivity index (χ1) is 9.15. The fourth-order valence-electron chi connectivity index (χ4n) is 2.56. The first kappa shape index (κ1) is 14.1. The molecule has 0 amide bonds. The highest BCUT2D eigenvalue weighted by Crippen LogP contribution is 2.27. The summed E-state index contributed by atoms with van der Waals surface area (Å²) in [5, 5.41) is 1.15. The molecule has 0 radical (unpaired) electrons. The molecule has 1 unspecified atom stereocenters. The van der Waals surface area contributed by atoms with Crippen LogP contribution < -0.4 is 5.73 Å². The van der Waals surface area contributed by atoms with E-state index in [0.29, 0.717) is 12.5 Å². The topological polar surface area (TPSA) is 42.4 Å². The van der Waals surface area contributed by atoms with Crippen LogP contribution >= 0.6 is 0 Å². The third-order valence-electron chi connectivity index (χ3n) is 3.44. The second kappa shape index (κ2) is 6.22. The highest BCUT2D eigenvalue weighted by atomic mass is 16.3. The van der Waals surface area contributed by atoms with Gasteiger partial charge in [-0.2, -0.15) is 0 Å². The van der Waals surface area contributed by atoms with E-state index in [0.717, 1.165) is 29.8 Å². The van der Waals surface area contributed by atoms with E-state index in [1.165, 1.54) is 0 Å². The molecule has 1 heterocycles. The normalized spacial score (nSPS) is 13.6. The van der Waals surface area contributed by atoms with Gasteiger partial charge in [-0.05, 0) is 24.6 Å². The molecule has 0 bridgehead atoms. The minimum absolute atomic E-state index is 0.166. The van der Waals surface area contributed by atoms with Crippen molar-refractivity contribution in [2.75, 3.05) is 19.6 Å². The van der Waals surface area contributed by atoms with Gasteiger partial charge in [-0.3, -0.25) is 4.90 Å². The summed E-state index contributed by atoms with van der Waals surface area (Å²) in [6.45, 7) is 9.24. The number of furan rings is 1. The number of rotatable bonds is 6. The van der Waals surface area contributed by atoms with Crippen molar-refractivity contribution in [3.05, 3.63) is 36.1 Å². The van der Waals surface area contributed by atoms with Crippen LogP contribution in [0.4, 0.5) is 0 Å². The molecule has 2 rings (SSSR count). The van der Waals surface area contributed by atoms with Crippen LogP contribution in [0.15, 0.2) is 34.7 Å². The van der Waals surface area contributed by atoms with Crippen LogP contribution in [0.25, 0.3) is 11.0 Å². The molecule has 19 heavy (non-hydrogen) atoms. The van der Waals surface area contributed by atoms with Crippen LogP contribution in [0.1, 0.15) is 32.6 Å². The number of nitrogens with two attached hydrogens (primary N) is 1. The number of para-hydroxylation sites is 1. The summed E-state index contributed by atoms with van der Waals surface area (Å²) < 4.78 is 5.96. The standard InChI is InChI=1S/C16H24N2O/c1-4-18(11-12(2)3)14(10-17)16-9-13-7-5-6-8-15(13)19-16/h5-9,12,14H,4,10-11,17H2,1-3H3. The van der Waals surface area contributed by atoms with Crippen LogP contribution in [-0.2, 0) is 0 Å². The first-order valence-electron chi connectivity index (χ1n) is 7.08. The van der Waals surface area contributed by atoms with Crippen molar-refractivity contribution in [1.82, 2.24) is 4.90 Å². The maximum absolute atomic E-state index is 5.98. The van der Waals surface area contributed by atoms with E-state index in [-0.39, 0.29) is 6.04 Å². The molecule has 2 aromatic rings. The molecular formula is C16H24N2O. The Balaban J connectivity index is 2.29. The van der Waals surface area contributed by atoms with E-state index in [4.69, 9.17) is 10.2 Å². The van der Waals surface area contributed by atoms with Gasteiger partial charge in [0.05, 0.1) is 6.04 Å². The molecule has 3 nitrogen and oxygen atoms in total. The van der Waals surface area contributed by atoms with Crippen LogP contribution in [0.5, 0.6) is 0 Å². The molecule has 0 saturated heterocycles. The van der Waals surface area contributed by atoms with Gasteiger partial charge in [0.1, 0.15) is 11.3 Å². The molecule has 2 N–H and O–H groups in total. The van der Waals surface area contributed by atoms with E-state index < -0.39 is 0 Å². The number of benzene rings is 1. The lowest BCUT2D eigenvalue weighted by atomic mass is 10.1. The molecule has 1 atom stereocenters. The third-order valence-corrected chi connectivity index (χ3v) is 3.44. The van der Waals surface area contributed by atoms with Gasteiger partial charge in [0.15, 0.2) is 0 Å². The van der Waals surface area contributed by atoms with Crippen molar-refractivity contribution in [2.24, 2.45) is 11.7 Å². The molecule has 1 aromatic carbocycles. The van der Waals surface area contributed by atoms with E-state index in [1.807, 2.05) is 18.2 Å². The molecule has 1 aromatic heterocycles. The summed E-state index contributed by atoms with van der Waals surface area (Å²) >= 11 is 0. The van der Waals surface area contributed by atoms with Crippen LogP contribution in [0.3, 0.4) is 0 Å². The highest BCUT2D eigenvalue weighted by Gasteiger charge is 2.22. The summed E-state index contributed by atoms with van der Waals surface area (Å²) in [6.07, 6.45) is 0. The fourth-order valence-corrected chi connectivity index (χ4v) is 2.56. The average molecular weight is 260 g/mol. The number of hydrogen-bond acceptors (Lipinski definition) is 3. The summed E-state index contributed by atoms with van der Waals surface area (Å²) in [4.78, 5) is 2.39. The number of fused-ring (bicyclic) bond motifs is 1. The average Bonchev–Trinajstić information content (AvgIpc) is 2.81. The second-order valence-electron chi connectivity index (χ2n) is 5.42. The highest BCUT2D eigenvalue weighted by molar-refractivity contribution is 5.77. The Morgan fingerprint density at radius 3 is 2.58 bits per heavy atom. The van der Waals surface area contributed by atoms with Gasteiger partial charge in [-0.1, -0.05) is 39.0 Å². The minimum atomic E-state index is 0.166. The molecule has 0 aliphatic rings. The quantitative estimate of drug-likeness (QED) is 0.865. The van der Waals surface area contributed by atoms with Gasteiger partial charge in [0.2, 0.25) is 0 Å². The lowest BCUT2D eigenvalue weighted by Crippen LogP contribution is -2.36. The molecule has 0 spiro atoms. The van der Waals surface area contributed by atoms with Gasteiger partial charge in [0.25, 0.3) is 0 Å². The fraction of sp³-hybridized carbons (Fsp3) is 0.500. The monoisotopic (exact) mass is 260 g/mol. The van der Waals surface area contributed by atoms with Crippen molar-refractivity contribution in [1.29, 1.82) is 0 Å². The van der Waals surface area contributed by atoms with Crippen LogP contribution in [0, 0.1) is 5.92 Å². The minimum Gasteiger partial charge on any atom is -0.459 e. The lowest BCUT2D eigenvalue weighted by molar-refractivity contribution is 0.171. The molecule has 3 heteroatoms. The predicted molar refractivity (Wildman–Crippen MR) is 80.1 cm³/mol. The Hall–Kier alpha value is -1.32. The Kier molecular flexibility index (Phi) is 4.61. The maximum atomic E-state index is 5.98. The summed E-state index contributed by atoms with van der Waals surface area (Å²) in [5.74, 6) is 1.60. The third kappa shape index (κ3) is 3.17. The zero-order valence-electron chi connectivity index (χ0n) is 12.1. The molecular weight excluding hydrogens is 236 g/mol. The molecule has 0 fully saturated rings. The Labute approximate surface area is 115 Å². The van der Waals surface area contributed by atoms with Gasteiger partial charge < -0.3 is 10.2 Å². The largest absolute Gasteiger partial charge is 0.459 e.